The quantitative estimate of drug-likeness (QED) is 0.0264. The van der Waals surface area contributed by atoms with Gasteiger partial charge in [-0.2, -0.15) is 0 Å². The van der Waals surface area contributed by atoms with Crippen molar-refractivity contribution in [2.75, 3.05) is 26.4 Å². The summed E-state index contributed by atoms with van der Waals surface area (Å²) in [6.07, 6.45) is 80.5. The molecule has 2 unspecified atom stereocenters. The molecule has 0 aromatic carbocycles. The summed E-state index contributed by atoms with van der Waals surface area (Å²) in [6.45, 7) is 3.61. The Morgan fingerprint density at radius 1 is 0.413 bits per heavy atom. The van der Waals surface area contributed by atoms with E-state index in [1.165, 1.54) is 141 Å². The molecule has 0 amide bonds. The molecule has 0 aliphatic carbocycles. The lowest BCUT2D eigenvalue weighted by Crippen LogP contribution is -2.29. The number of ether oxygens (including phenoxy) is 2. The maximum absolute atomic E-state index is 12.7. The highest BCUT2D eigenvalue weighted by molar-refractivity contribution is 7.47. The molecule has 432 valence electrons. The second kappa shape index (κ2) is 60.2. The smallest absolute Gasteiger partial charge is 0.462 e. The largest absolute Gasteiger partial charge is 0.472 e. The Hall–Kier alpha value is -3.07. The van der Waals surface area contributed by atoms with Crippen LogP contribution in [0.4, 0.5) is 0 Å². The molecule has 0 heterocycles. The lowest BCUT2D eigenvalue weighted by Gasteiger charge is -2.19. The van der Waals surface area contributed by atoms with Gasteiger partial charge in [-0.25, -0.2) is 4.57 Å². The molecule has 0 radical (unpaired) electrons. The molecule has 3 N–H and O–H groups in total. The number of carbonyl (C=O) groups excluding carboxylic acids is 2. The van der Waals surface area contributed by atoms with Crippen molar-refractivity contribution >= 4 is 19.8 Å². The van der Waals surface area contributed by atoms with Gasteiger partial charge in [0.15, 0.2) is 6.10 Å². The summed E-state index contributed by atoms with van der Waals surface area (Å²) in [7, 11) is -4.40. The van der Waals surface area contributed by atoms with Gasteiger partial charge >= 0.3 is 19.8 Å². The summed E-state index contributed by atoms with van der Waals surface area (Å²) in [5.41, 5.74) is 5.38. The molecule has 0 aliphatic heterocycles. The summed E-state index contributed by atoms with van der Waals surface area (Å²) in [6, 6.07) is 0. The van der Waals surface area contributed by atoms with Crippen LogP contribution in [0.5, 0.6) is 0 Å². The van der Waals surface area contributed by atoms with Gasteiger partial charge in [-0.1, -0.05) is 259 Å². The molecule has 9 nitrogen and oxygen atoms in total. The van der Waals surface area contributed by atoms with E-state index in [2.05, 4.69) is 111 Å². The molecule has 0 aliphatic rings. The van der Waals surface area contributed by atoms with E-state index in [-0.39, 0.29) is 38.6 Å². The Morgan fingerprint density at radius 3 is 1.09 bits per heavy atom. The fourth-order valence-corrected chi connectivity index (χ4v) is 9.20. The highest BCUT2D eigenvalue weighted by Crippen LogP contribution is 2.43. The van der Waals surface area contributed by atoms with Crippen molar-refractivity contribution in [1.82, 2.24) is 0 Å². The number of allylic oxidation sites excluding steroid dienone is 16. The van der Waals surface area contributed by atoms with Gasteiger partial charge in [0.2, 0.25) is 0 Å². The average molecular weight is 1070 g/mol. The third kappa shape index (κ3) is 60.0. The molecule has 0 fully saturated rings. The molecule has 0 spiro atoms. The van der Waals surface area contributed by atoms with Gasteiger partial charge in [-0.05, 0) is 96.3 Å². The maximum Gasteiger partial charge on any atom is 0.472 e. The Balaban J connectivity index is 3.93. The number of hydrogen-bond donors (Lipinski definition) is 2. The fraction of sp³-hybridized carbons (Fsp3) is 0.723. The van der Waals surface area contributed by atoms with Gasteiger partial charge < -0.3 is 20.1 Å². The highest BCUT2D eigenvalue weighted by atomic mass is 31.2. The fourth-order valence-electron chi connectivity index (χ4n) is 8.44. The summed E-state index contributed by atoms with van der Waals surface area (Å²) in [5, 5.41) is 0. The molecular weight excluding hydrogens is 954 g/mol. The van der Waals surface area contributed by atoms with E-state index >= 15 is 0 Å². The van der Waals surface area contributed by atoms with E-state index in [0.717, 1.165) is 96.3 Å². The van der Waals surface area contributed by atoms with Gasteiger partial charge in [0.1, 0.15) is 6.61 Å². The molecule has 0 saturated carbocycles. The van der Waals surface area contributed by atoms with Gasteiger partial charge in [0.05, 0.1) is 13.2 Å². The second-order valence-corrected chi connectivity index (χ2v) is 21.6. The molecule has 75 heavy (non-hydrogen) atoms. The van der Waals surface area contributed by atoms with Crippen molar-refractivity contribution in [1.29, 1.82) is 0 Å². The number of rotatable bonds is 57. The van der Waals surface area contributed by atoms with Crippen LogP contribution in [-0.4, -0.2) is 49.3 Å². The zero-order chi connectivity index (χ0) is 54.5. The molecule has 0 rings (SSSR count). The first kappa shape index (κ1) is 71.9. The van der Waals surface area contributed by atoms with E-state index in [1.54, 1.807) is 0 Å². The Labute approximate surface area is 461 Å². The molecule has 2 atom stereocenters. The Kier molecular flexibility index (Phi) is 57.7. The van der Waals surface area contributed by atoms with Crippen LogP contribution in [0, 0.1) is 0 Å². The van der Waals surface area contributed by atoms with Crippen LogP contribution in [0.25, 0.3) is 0 Å². The summed E-state index contributed by atoms with van der Waals surface area (Å²) >= 11 is 0. The molecule has 0 aromatic heterocycles. The minimum atomic E-state index is -4.40. The minimum absolute atomic E-state index is 0.0461. The first-order valence-electron chi connectivity index (χ1n) is 30.7. The zero-order valence-corrected chi connectivity index (χ0v) is 49.2. The van der Waals surface area contributed by atoms with E-state index in [1.807, 2.05) is 0 Å². The summed E-state index contributed by atoms with van der Waals surface area (Å²) in [4.78, 5) is 35.2. The van der Waals surface area contributed by atoms with Crippen molar-refractivity contribution in [3.8, 4) is 0 Å². The number of phosphoric acid groups is 1. The van der Waals surface area contributed by atoms with Gasteiger partial charge in [0, 0.05) is 19.4 Å². The monoisotopic (exact) mass is 1070 g/mol. The molecule has 0 saturated heterocycles. The van der Waals surface area contributed by atoms with Gasteiger partial charge in [0.25, 0.3) is 0 Å². The van der Waals surface area contributed by atoms with Crippen LogP contribution in [0.15, 0.2) is 97.2 Å². The average Bonchev–Trinajstić information content (AvgIpc) is 3.40. The van der Waals surface area contributed by atoms with Crippen molar-refractivity contribution in [2.45, 2.75) is 277 Å². The number of unbranched alkanes of at least 4 members (excludes halogenated alkanes) is 28. The third-order valence-electron chi connectivity index (χ3n) is 13.0. The van der Waals surface area contributed by atoms with Gasteiger partial charge in [-0.15, -0.1) is 0 Å². The van der Waals surface area contributed by atoms with Gasteiger partial charge in [-0.3, -0.25) is 18.6 Å². The normalized spacial score (nSPS) is 13.7. The SMILES string of the molecule is CC/C=C\C/C=C\C/C=C\C/C=C\C/C=C\CCCCCCCC(=O)OC(COC(=O)CCCCCCCCCCCCCCCCCCCC/C=C\C/C=C\C/C=C\CCCCCCC)COP(=O)(O)OCCN. The zero-order valence-electron chi connectivity index (χ0n) is 48.3. The number of hydrogen-bond acceptors (Lipinski definition) is 8. The predicted molar refractivity (Wildman–Crippen MR) is 321 cm³/mol. The Morgan fingerprint density at radius 2 is 0.733 bits per heavy atom. The number of phosphoric ester groups is 1. The topological polar surface area (TPSA) is 134 Å². The van der Waals surface area contributed by atoms with Crippen molar-refractivity contribution in [3.05, 3.63) is 97.2 Å². The van der Waals surface area contributed by atoms with Crippen molar-refractivity contribution < 1.29 is 37.6 Å². The first-order chi connectivity index (χ1) is 36.8. The van der Waals surface area contributed by atoms with Crippen LogP contribution in [0.1, 0.15) is 271 Å². The second-order valence-electron chi connectivity index (χ2n) is 20.2. The van der Waals surface area contributed by atoms with Crippen LogP contribution < -0.4 is 5.73 Å². The van der Waals surface area contributed by atoms with Crippen LogP contribution in [0.2, 0.25) is 0 Å². The maximum atomic E-state index is 12.7. The van der Waals surface area contributed by atoms with Crippen LogP contribution in [-0.2, 0) is 32.7 Å². The lowest BCUT2D eigenvalue weighted by molar-refractivity contribution is -0.161. The standard InChI is InChI=1S/C65H114NO8P/c1-3-5-7-9-11-13-15-17-19-21-23-25-26-27-28-29-30-31-32-33-34-35-36-38-39-41-43-45-47-49-51-53-55-57-64(67)71-61-63(62-73-75(69,70)72-60-59-66)74-65(68)58-56-54-52-50-48-46-44-42-40-37-24-22-20-18-16-14-12-10-8-6-4-2/h6,8,12,14-15,17-18,20-21,23-24,26-27,37,42,44,63H,3-5,7,9-11,13,16,19,22,25,28-36,38-41,43,45-62,66H2,1-2H3,(H,69,70)/b8-6-,14-12-,17-15-,20-18-,23-21-,27-26-,37-24-,44-42-. The first-order valence-corrected chi connectivity index (χ1v) is 32.2. The predicted octanol–water partition coefficient (Wildman–Crippen LogP) is 19.6. The van der Waals surface area contributed by atoms with E-state index in [4.69, 9.17) is 24.3 Å². The molecule has 0 bridgehead atoms. The molecule has 0 aromatic rings. The van der Waals surface area contributed by atoms with Crippen molar-refractivity contribution in [3.63, 3.8) is 0 Å². The Bertz CT molecular complexity index is 1550. The van der Waals surface area contributed by atoms with Crippen LogP contribution in [0.3, 0.4) is 0 Å². The highest BCUT2D eigenvalue weighted by Gasteiger charge is 2.26. The third-order valence-corrected chi connectivity index (χ3v) is 13.9. The molecule has 10 heteroatoms. The molecular formula is C65H114NO8P. The van der Waals surface area contributed by atoms with E-state index in [9.17, 15) is 19.0 Å². The minimum Gasteiger partial charge on any atom is -0.462 e. The number of esters is 2. The van der Waals surface area contributed by atoms with E-state index in [0.29, 0.717) is 6.42 Å². The number of carbonyl (C=O) groups is 2. The van der Waals surface area contributed by atoms with Crippen molar-refractivity contribution in [2.24, 2.45) is 5.73 Å². The summed E-state index contributed by atoms with van der Waals surface area (Å²) in [5.74, 6) is -0.847. The van der Waals surface area contributed by atoms with E-state index < -0.39 is 26.5 Å². The lowest BCUT2D eigenvalue weighted by atomic mass is 10.0. The van der Waals surface area contributed by atoms with Crippen LogP contribution >= 0.6 is 7.82 Å². The summed E-state index contributed by atoms with van der Waals surface area (Å²) < 4.78 is 33.0. The number of nitrogens with two attached hydrogens (primary N) is 1.